The molecule has 4 rings (SSSR count). The van der Waals surface area contributed by atoms with E-state index >= 15 is 0 Å². The van der Waals surface area contributed by atoms with Crippen molar-refractivity contribution >= 4 is 23.6 Å². The van der Waals surface area contributed by atoms with Crippen LogP contribution in [0, 0.1) is 0 Å². The number of carbonyl (C=O) groups is 2. The van der Waals surface area contributed by atoms with Gasteiger partial charge in [-0.2, -0.15) is 0 Å². The fraction of sp³-hybridized carbons (Fsp3) is 0.158. The standard InChI is InChI=1S/C19H16N2O3/c22-18-16(19(23)21(20-18)15-6-2-1-3-7-15)12-13-8-9-17-14(11-13)5-4-10-24-17/h1-3,6-9,11-12H,4-5,10H2,(H,20,22). The van der Waals surface area contributed by atoms with Crippen LogP contribution in [0.15, 0.2) is 54.1 Å². The number of anilines is 1. The molecule has 2 aromatic carbocycles. The van der Waals surface area contributed by atoms with Crippen LogP contribution in [0.1, 0.15) is 17.5 Å². The van der Waals surface area contributed by atoms with E-state index in [1.807, 2.05) is 36.4 Å². The Balaban J connectivity index is 1.65. The molecular weight excluding hydrogens is 304 g/mol. The van der Waals surface area contributed by atoms with Crippen molar-refractivity contribution in [3.05, 3.63) is 65.2 Å². The van der Waals surface area contributed by atoms with Gasteiger partial charge in [0.15, 0.2) is 0 Å². The Morgan fingerprint density at radius 3 is 2.75 bits per heavy atom. The molecule has 120 valence electrons. The summed E-state index contributed by atoms with van der Waals surface area (Å²) >= 11 is 0. The molecule has 5 nitrogen and oxygen atoms in total. The van der Waals surface area contributed by atoms with Crippen LogP contribution in [-0.2, 0) is 16.0 Å². The molecule has 0 aliphatic carbocycles. The van der Waals surface area contributed by atoms with Gasteiger partial charge in [-0.3, -0.25) is 15.0 Å². The van der Waals surface area contributed by atoms with Crippen molar-refractivity contribution in [3.8, 4) is 5.75 Å². The zero-order chi connectivity index (χ0) is 16.5. The molecule has 0 radical (unpaired) electrons. The lowest BCUT2D eigenvalue weighted by molar-refractivity contribution is -0.117. The van der Waals surface area contributed by atoms with E-state index in [9.17, 15) is 9.59 Å². The van der Waals surface area contributed by atoms with Gasteiger partial charge in [0, 0.05) is 0 Å². The molecule has 2 aliphatic rings. The molecular formula is C19H16N2O3. The number of nitrogens with zero attached hydrogens (tertiary/aromatic N) is 1. The van der Waals surface area contributed by atoms with Gasteiger partial charge in [-0.05, 0) is 54.3 Å². The highest BCUT2D eigenvalue weighted by Crippen LogP contribution is 2.27. The van der Waals surface area contributed by atoms with Gasteiger partial charge in [-0.1, -0.05) is 24.3 Å². The Bertz CT molecular complexity index is 843. The summed E-state index contributed by atoms with van der Waals surface area (Å²) in [4.78, 5) is 24.8. The topological polar surface area (TPSA) is 58.6 Å². The highest BCUT2D eigenvalue weighted by Gasteiger charge is 2.34. The molecule has 2 heterocycles. The lowest BCUT2D eigenvalue weighted by atomic mass is 10.0. The van der Waals surface area contributed by atoms with Gasteiger partial charge < -0.3 is 4.74 Å². The fourth-order valence-corrected chi connectivity index (χ4v) is 2.95. The van der Waals surface area contributed by atoms with Gasteiger partial charge in [0.2, 0.25) is 0 Å². The molecule has 1 fully saturated rings. The predicted octanol–water partition coefficient (Wildman–Crippen LogP) is 2.47. The summed E-state index contributed by atoms with van der Waals surface area (Å²) in [6.07, 6.45) is 3.56. The zero-order valence-corrected chi connectivity index (χ0v) is 13.0. The minimum Gasteiger partial charge on any atom is -0.493 e. The number of nitrogens with one attached hydrogen (secondary N) is 1. The van der Waals surface area contributed by atoms with E-state index < -0.39 is 5.91 Å². The third-order valence-corrected chi connectivity index (χ3v) is 4.15. The molecule has 0 spiro atoms. The molecule has 1 N–H and O–H groups in total. The number of amides is 2. The maximum absolute atomic E-state index is 12.6. The Labute approximate surface area is 139 Å². The maximum Gasteiger partial charge on any atom is 0.282 e. The average molecular weight is 320 g/mol. The molecule has 2 aliphatic heterocycles. The number of hydrogen-bond donors (Lipinski definition) is 1. The SMILES string of the molecule is O=C1NN(c2ccccc2)C(=O)C1=Cc1ccc2c(c1)CCCO2. The Morgan fingerprint density at radius 1 is 1.08 bits per heavy atom. The van der Waals surface area contributed by atoms with Crippen LogP contribution in [0.5, 0.6) is 5.75 Å². The largest absolute Gasteiger partial charge is 0.493 e. The number of hydrazine groups is 1. The first-order chi connectivity index (χ1) is 11.7. The maximum atomic E-state index is 12.6. The molecule has 1 saturated heterocycles. The molecule has 0 unspecified atom stereocenters. The smallest absolute Gasteiger partial charge is 0.282 e. The summed E-state index contributed by atoms with van der Waals surface area (Å²) in [5, 5.41) is 1.27. The van der Waals surface area contributed by atoms with E-state index in [0.717, 1.165) is 36.3 Å². The summed E-state index contributed by atoms with van der Waals surface area (Å²) in [5.74, 6) is 0.148. The van der Waals surface area contributed by atoms with Gasteiger partial charge in [0.1, 0.15) is 11.3 Å². The van der Waals surface area contributed by atoms with Crippen molar-refractivity contribution < 1.29 is 14.3 Å². The number of hydrogen-bond acceptors (Lipinski definition) is 3. The molecule has 0 saturated carbocycles. The molecule has 5 heteroatoms. The molecule has 2 aromatic rings. The number of rotatable bonds is 2. The van der Waals surface area contributed by atoms with Crippen molar-refractivity contribution in [3.63, 3.8) is 0 Å². The summed E-state index contributed by atoms with van der Waals surface area (Å²) in [5.41, 5.74) is 5.32. The number of aryl methyl sites for hydroxylation is 1. The summed E-state index contributed by atoms with van der Waals surface area (Å²) in [7, 11) is 0. The minimum absolute atomic E-state index is 0.135. The van der Waals surface area contributed by atoms with Crippen molar-refractivity contribution in [2.75, 3.05) is 11.6 Å². The van der Waals surface area contributed by atoms with Crippen LogP contribution in [0.3, 0.4) is 0 Å². The van der Waals surface area contributed by atoms with E-state index in [2.05, 4.69) is 5.43 Å². The molecule has 0 bridgehead atoms. The minimum atomic E-state index is -0.391. The van der Waals surface area contributed by atoms with Crippen LogP contribution in [0.2, 0.25) is 0 Å². The van der Waals surface area contributed by atoms with Crippen LogP contribution < -0.4 is 15.2 Å². The summed E-state index contributed by atoms with van der Waals surface area (Å²) < 4.78 is 5.59. The first-order valence-electron chi connectivity index (χ1n) is 7.90. The monoisotopic (exact) mass is 320 g/mol. The predicted molar refractivity (Wildman–Crippen MR) is 90.3 cm³/mol. The van der Waals surface area contributed by atoms with Crippen LogP contribution in [0.4, 0.5) is 5.69 Å². The molecule has 0 atom stereocenters. The highest BCUT2D eigenvalue weighted by molar-refractivity contribution is 6.31. The normalized spacial score (nSPS) is 18.3. The van der Waals surface area contributed by atoms with E-state index in [4.69, 9.17) is 4.74 Å². The average Bonchev–Trinajstić information content (AvgIpc) is 2.90. The lowest BCUT2D eigenvalue weighted by Gasteiger charge is -2.17. The zero-order valence-electron chi connectivity index (χ0n) is 13.0. The third-order valence-electron chi connectivity index (χ3n) is 4.15. The second kappa shape index (κ2) is 5.85. The van der Waals surface area contributed by atoms with Gasteiger partial charge in [-0.25, -0.2) is 5.01 Å². The first-order valence-corrected chi connectivity index (χ1v) is 7.90. The van der Waals surface area contributed by atoms with Gasteiger partial charge in [-0.15, -0.1) is 0 Å². The van der Waals surface area contributed by atoms with Crippen molar-refractivity contribution in [1.29, 1.82) is 0 Å². The molecule has 24 heavy (non-hydrogen) atoms. The summed E-state index contributed by atoms with van der Waals surface area (Å²) in [6.45, 7) is 0.736. The third kappa shape index (κ3) is 2.54. The Kier molecular flexibility index (Phi) is 3.54. The Morgan fingerprint density at radius 2 is 1.92 bits per heavy atom. The van der Waals surface area contributed by atoms with E-state index in [0.29, 0.717) is 5.69 Å². The number of fused-ring (bicyclic) bond motifs is 1. The second-order valence-corrected chi connectivity index (χ2v) is 5.79. The fourth-order valence-electron chi connectivity index (χ4n) is 2.95. The second-order valence-electron chi connectivity index (χ2n) is 5.79. The molecule has 0 aromatic heterocycles. The lowest BCUT2D eigenvalue weighted by Crippen LogP contribution is -2.35. The van der Waals surface area contributed by atoms with Crippen molar-refractivity contribution in [2.45, 2.75) is 12.8 Å². The van der Waals surface area contributed by atoms with Crippen molar-refractivity contribution in [2.24, 2.45) is 0 Å². The summed E-state index contributed by atoms with van der Waals surface area (Å²) in [6, 6.07) is 14.8. The highest BCUT2D eigenvalue weighted by atomic mass is 16.5. The van der Waals surface area contributed by atoms with Crippen LogP contribution in [-0.4, -0.2) is 18.4 Å². The number of ether oxygens (including phenoxy) is 1. The molecule has 2 amide bonds. The van der Waals surface area contributed by atoms with Gasteiger partial charge in [0.05, 0.1) is 12.3 Å². The van der Waals surface area contributed by atoms with E-state index in [1.54, 1.807) is 18.2 Å². The number of carbonyl (C=O) groups excluding carboxylic acids is 2. The number of benzene rings is 2. The first kappa shape index (κ1) is 14.5. The Hall–Kier alpha value is -3.08. The van der Waals surface area contributed by atoms with Crippen LogP contribution >= 0.6 is 0 Å². The van der Waals surface area contributed by atoms with E-state index in [1.165, 1.54) is 5.01 Å². The quantitative estimate of drug-likeness (QED) is 0.683. The van der Waals surface area contributed by atoms with Crippen molar-refractivity contribution in [1.82, 2.24) is 5.43 Å². The van der Waals surface area contributed by atoms with E-state index in [-0.39, 0.29) is 11.5 Å². The van der Waals surface area contributed by atoms with Gasteiger partial charge >= 0.3 is 0 Å². The number of para-hydroxylation sites is 1. The van der Waals surface area contributed by atoms with Gasteiger partial charge in [0.25, 0.3) is 11.8 Å². The van der Waals surface area contributed by atoms with Crippen LogP contribution in [0.25, 0.3) is 6.08 Å².